The first-order valence-corrected chi connectivity index (χ1v) is 5.24. The van der Waals surface area contributed by atoms with Gasteiger partial charge in [0.25, 0.3) is 0 Å². The van der Waals surface area contributed by atoms with Crippen LogP contribution in [-0.4, -0.2) is 23.5 Å². The number of allylic oxidation sites excluding steroid dienone is 1. The summed E-state index contributed by atoms with van der Waals surface area (Å²) in [5.74, 6) is 0.384. The second-order valence-corrected chi connectivity index (χ2v) is 3.64. The van der Waals surface area contributed by atoms with Crippen LogP contribution in [0.4, 0.5) is 0 Å². The third-order valence-electron chi connectivity index (χ3n) is 2.04. The van der Waals surface area contributed by atoms with Gasteiger partial charge in [-0.1, -0.05) is 11.6 Å². The Bertz CT molecular complexity index is 446. The molecule has 92 valence electrons. The zero-order valence-corrected chi connectivity index (χ0v) is 10.3. The molecule has 7 heteroatoms. The summed E-state index contributed by atoms with van der Waals surface area (Å²) in [6.45, 7) is 1.86. The molecule has 1 atom stereocenters. The Balaban J connectivity index is 2.98. The fourth-order valence-electron chi connectivity index (χ4n) is 1.15. The van der Waals surface area contributed by atoms with Gasteiger partial charge in [-0.2, -0.15) is 0 Å². The maximum Gasteiger partial charge on any atom is 0.238 e. The zero-order valence-electron chi connectivity index (χ0n) is 9.59. The topological polar surface area (TPSA) is 99.4 Å². The number of hydrogen-bond donors (Lipinski definition) is 2. The maximum absolute atomic E-state index is 5.77. The average molecular weight is 256 g/mol. The van der Waals surface area contributed by atoms with E-state index in [2.05, 4.69) is 15.2 Å². The first-order chi connectivity index (χ1) is 8.08. The van der Waals surface area contributed by atoms with E-state index in [4.69, 9.17) is 27.8 Å². The molecule has 0 aromatic carbocycles. The van der Waals surface area contributed by atoms with E-state index in [1.54, 1.807) is 6.07 Å². The highest BCUT2D eigenvalue weighted by Gasteiger charge is 2.12. The third-order valence-corrected chi connectivity index (χ3v) is 2.23. The van der Waals surface area contributed by atoms with Crippen LogP contribution in [-0.2, 0) is 0 Å². The minimum atomic E-state index is -0.212. The van der Waals surface area contributed by atoms with Gasteiger partial charge in [0, 0.05) is 18.0 Å². The standard InChI is InChI=1S/C10H14ClN5O/c1-6(14-5-7(13)4-12)8-3-9(11)15-16-10(8)17-2/h3-6H,12-13H2,1-2H3/b7-4+,14-5?. The van der Waals surface area contributed by atoms with Crippen molar-refractivity contribution in [1.82, 2.24) is 10.2 Å². The van der Waals surface area contributed by atoms with Gasteiger partial charge in [-0.3, -0.25) is 4.99 Å². The Labute approximate surface area is 104 Å². The van der Waals surface area contributed by atoms with Gasteiger partial charge in [0.1, 0.15) is 0 Å². The van der Waals surface area contributed by atoms with Crippen molar-refractivity contribution in [1.29, 1.82) is 0 Å². The number of nitrogens with zero attached hydrogens (tertiary/aromatic N) is 3. The molecule has 0 aliphatic heterocycles. The van der Waals surface area contributed by atoms with Gasteiger partial charge < -0.3 is 16.2 Å². The Morgan fingerprint density at radius 2 is 2.29 bits per heavy atom. The summed E-state index contributed by atoms with van der Waals surface area (Å²) in [5.41, 5.74) is 11.8. The molecule has 1 aromatic heterocycles. The molecular formula is C10H14ClN5O. The lowest BCUT2D eigenvalue weighted by Gasteiger charge is -2.10. The van der Waals surface area contributed by atoms with E-state index in [1.165, 1.54) is 19.5 Å². The summed E-state index contributed by atoms with van der Waals surface area (Å²) in [6, 6.07) is 1.44. The number of halogens is 1. The van der Waals surface area contributed by atoms with Crippen LogP contribution >= 0.6 is 11.6 Å². The normalized spacial score (nSPS) is 13.9. The Hall–Kier alpha value is -1.82. The van der Waals surface area contributed by atoms with Gasteiger partial charge >= 0.3 is 0 Å². The van der Waals surface area contributed by atoms with E-state index in [0.29, 0.717) is 11.6 Å². The molecule has 0 fully saturated rings. The molecule has 0 saturated heterocycles. The number of ether oxygens (including phenoxy) is 1. The predicted molar refractivity (Wildman–Crippen MR) is 67.0 cm³/mol. The molecule has 0 saturated carbocycles. The van der Waals surface area contributed by atoms with Crippen molar-refractivity contribution in [2.75, 3.05) is 7.11 Å². The van der Waals surface area contributed by atoms with Crippen molar-refractivity contribution < 1.29 is 4.74 Å². The molecule has 1 aromatic rings. The molecule has 17 heavy (non-hydrogen) atoms. The van der Waals surface area contributed by atoms with Gasteiger partial charge in [-0.25, -0.2) is 0 Å². The number of aliphatic imine (C=N–C) groups is 1. The highest BCUT2D eigenvalue weighted by atomic mass is 35.5. The molecule has 0 aliphatic carbocycles. The summed E-state index contributed by atoms with van der Waals surface area (Å²) in [6.07, 6.45) is 2.74. The lowest BCUT2D eigenvalue weighted by Crippen LogP contribution is -2.04. The van der Waals surface area contributed by atoms with Crippen molar-refractivity contribution in [3.8, 4) is 5.88 Å². The summed E-state index contributed by atoms with van der Waals surface area (Å²) >= 11 is 5.77. The second kappa shape index (κ2) is 6.05. The van der Waals surface area contributed by atoms with Crippen molar-refractivity contribution in [2.24, 2.45) is 16.5 Å². The number of nitrogens with two attached hydrogens (primary N) is 2. The van der Waals surface area contributed by atoms with E-state index < -0.39 is 0 Å². The first-order valence-electron chi connectivity index (χ1n) is 4.86. The van der Waals surface area contributed by atoms with Gasteiger partial charge in [0.15, 0.2) is 5.15 Å². The Morgan fingerprint density at radius 1 is 1.59 bits per heavy atom. The van der Waals surface area contributed by atoms with Gasteiger partial charge in [-0.15, -0.1) is 10.2 Å². The second-order valence-electron chi connectivity index (χ2n) is 3.25. The molecule has 4 N–H and O–H groups in total. The van der Waals surface area contributed by atoms with Crippen LogP contribution in [0.25, 0.3) is 0 Å². The average Bonchev–Trinajstić information content (AvgIpc) is 2.35. The van der Waals surface area contributed by atoms with E-state index >= 15 is 0 Å². The van der Waals surface area contributed by atoms with Crippen LogP contribution in [0, 0.1) is 0 Å². The van der Waals surface area contributed by atoms with Crippen molar-refractivity contribution >= 4 is 17.8 Å². The van der Waals surface area contributed by atoms with E-state index in [1.807, 2.05) is 6.92 Å². The monoisotopic (exact) mass is 255 g/mol. The lowest BCUT2D eigenvalue weighted by molar-refractivity contribution is 0.384. The van der Waals surface area contributed by atoms with Gasteiger partial charge in [-0.05, 0) is 13.0 Å². The fraction of sp³-hybridized carbons (Fsp3) is 0.300. The van der Waals surface area contributed by atoms with Crippen LogP contribution in [0.1, 0.15) is 18.5 Å². The first kappa shape index (κ1) is 13.2. The molecule has 1 rings (SSSR count). The molecule has 0 radical (unpaired) electrons. The highest BCUT2D eigenvalue weighted by Crippen LogP contribution is 2.26. The SMILES string of the molecule is COc1nnc(Cl)cc1C(C)N=C/C(N)=C\N. The molecule has 0 spiro atoms. The quantitative estimate of drug-likeness (QED) is 0.783. The minimum absolute atomic E-state index is 0.212. The van der Waals surface area contributed by atoms with Gasteiger partial charge in [0.2, 0.25) is 5.88 Å². The summed E-state index contributed by atoms with van der Waals surface area (Å²) in [7, 11) is 1.51. The summed E-state index contributed by atoms with van der Waals surface area (Å²) in [5, 5.41) is 7.79. The van der Waals surface area contributed by atoms with Crippen molar-refractivity contribution in [3.63, 3.8) is 0 Å². The maximum atomic E-state index is 5.77. The smallest absolute Gasteiger partial charge is 0.238 e. The summed E-state index contributed by atoms with van der Waals surface area (Å²) < 4.78 is 5.08. The number of methoxy groups -OCH3 is 1. The van der Waals surface area contributed by atoms with Crippen LogP contribution in [0.15, 0.2) is 23.0 Å². The lowest BCUT2D eigenvalue weighted by atomic mass is 10.1. The molecule has 0 bridgehead atoms. The van der Waals surface area contributed by atoms with Crippen molar-refractivity contribution in [3.05, 3.63) is 28.7 Å². The molecule has 1 heterocycles. The largest absolute Gasteiger partial charge is 0.480 e. The van der Waals surface area contributed by atoms with E-state index in [9.17, 15) is 0 Å². The zero-order chi connectivity index (χ0) is 12.8. The number of hydrogen-bond acceptors (Lipinski definition) is 6. The van der Waals surface area contributed by atoms with Crippen molar-refractivity contribution in [2.45, 2.75) is 13.0 Å². The number of rotatable bonds is 4. The summed E-state index contributed by atoms with van der Waals surface area (Å²) in [4.78, 5) is 4.21. The van der Waals surface area contributed by atoms with Gasteiger partial charge in [0.05, 0.1) is 18.8 Å². The van der Waals surface area contributed by atoms with Crippen LogP contribution in [0.2, 0.25) is 5.15 Å². The molecule has 0 amide bonds. The van der Waals surface area contributed by atoms with Crippen LogP contribution < -0.4 is 16.2 Å². The Morgan fingerprint density at radius 3 is 2.88 bits per heavy atom. The third kappa shape index (κ3) is 3.60. The fourth-order valence-corrected chi connectivity index (χ4v) is 1.30. The minimum Gasteiger partial charge on any atom is -0.480 e. The van der Waals surface area contributed by atoms with Crippen LogP contribution in [0.3, 0.4) is 0 Å². The van der Waals surface area contributed by atoms with E-state index in [0.717, 1.165) is 5.56 Å². The molecule has 6 nitrogen and oxygen atoms in total. The molecular weight excluding hydrogens is 242 g/mol. The molecule has 0 aliphatic rings. The molecule has 1 unspecified atom stereocenters. The van der Waals surface area contributed by atoms with Crippen LogP contribution in [0.5, 0.6) is 5.88 Å². The Kier molecular flexibility index (Phi) is 4.71. The highest BCUT2D eigenvalue weighted by molar-refractivity contribution is 6.29. The number of aromatic nitrogens is 2. The predicted octanol–water partition coefficient (Wildman–Crippen LogP) is 1.03. The van der Waals surface area contributed by atoms with E-state index in [-0.39, 0.29) is 11.2 Å².